The van der Waals surface area contributed by atoms with E-state index in [1.807, 2.05) is 0 Å². The monoisotopic (exact) mass is 78.0 g/mol. The summed E-state index contributed by atoms with van der Waals surface area (Å²) in [6.07, 6.45) is 0. The van der Waals surface area contributed by atoms with Gasteiger partial charge < -0.3 is 11.5 Å². The van der Waals surface area contributed by atoms with Crippen LogP contribution in [0.1, 0.15) is 0 Å². The van der Waals surface area contributed by atoms with E-state index in [0.29, 0.717) is 0 Å². The van der Waals surface area contributed by atoms with E-state index in [4.69, 9.17) is 11.5 Å². The first kappa shape index (κ1) is 4.35. The zero-order valence-corrected chi connectivity index (χ0v) is 3.46. The second-order valence-electron chi connectivity index (χ2n) is 0.577. The average molecular weight is 78.1 g/mol. The lowest BCUT2D eigenvalue weighted by Gasteiger charge is -1.83. The minimum absolute atomic E-state index is 0.250. The van der Waals surface area contributed by atoms with Gasteiger partial charge in [0.05, 0.1) is 5.91 Å². The minimum atomic E-state index is -0.250. The van der Waals surface area contributed by atoms with E-state index in [2.05, 4.69) is 9.24 Å². The van der Waals surface area contributed by atoms with Crippen LogP contribution in [0.2, 0.25) is 0 Å². The summed E-state index contributed by atoms with van der Waals surface area (Å²) in [6, 6.07) is 0. The van der Waals surface area contributed by atoms with E-state index in [0.717, 1.165) is 0 Å². The van der Waals surface area contributed by atoms with Gasteiger partial charge in [-0.15, -0.1) is 9.24 Å². The van der Waals surface area contributed by atoms with Gasteiger partial charge in [-0.05, 0) is 0 Å². The van der Waals surface area contributed by atoms with Crippen molar-refractivity contribution in [1.82, 2.24) is 0 Å². The zero-order chi connectivity index (χ0) is 3.58. The number of hydrogen-bond donors (Lipinski definition) is 2. The predicted octanol–water partition coefficient (Wildman–Crippen LogP) is -0.938. The van der Waals surface area contributed by atoms with Crippen LogP contribution in [0.3, 0.4) is 0 Å². The Morgan fingerprint density at radius 2 is 1.50 bits per heavy atom. The first-order chi connectivity index (χ1) is 1.73. The Hall–Kier alpha value is 0.350. The predicted molar refractivity (Wildman–Crippen MR) is 21.9 cm³/mol. The highest BCUT2D eigenvalue weighted by molar-refractivity contribution is 7.17. The highest BCUT2D eigenvalue weighted by Crippen LogP contribution is 1.71. The van der Waals surface area contributed by atoms with Gasteiger partial charge in [-0.1, -0.05) is 0 Å². The molecule has 0 radical (unpaired) electrons. The quantitative estimate of drug-likeness (QED) is 0.290. The van der Waals surface area contributed by atoms with E-state index in [9.17, 15) is 0 Å². The molecule has 26 valence electrons. The molecule has 1 unspecified atom stereocenters. The summed E-state index contributed by atoms with van der Waals surface area (Å²) in [5, 5.41) is 0. The fourth-order valence-electron chi connectivity index (χ4n) is 0. The van der Waals surface area contributed by atoms with Crippen molar-refractivity contribution < 1.29 is 0 Å². The molecule has 0 aliphatic rings. The van der Waals surface area contributed by atoms with Crippen LogP contribution in [0.5, 0.6) is 0 Å². The molecule has 1 atom stereocenters. The van der Waals surface area contributed by atoms with Crippen molar-refractivity contribution in [2.45, 2.75) is 5.91 Å². The van der Waals surface area contributed by atoms with Crippen molar-refractivity contribution in [3.63, 3.8) is 0 Å². The van der Waals surface area contributed by atoms with Crippen molar-refractivity contribution in [2.75, 3.05) is 0 Å². The molecule has 0 amide bonds. The second kappa shape index (κ2) is 1.65. The van der Waals surface area contributed by atoms with Crippen LogP contribution in [0.15, 0.2) is 0 Å². The maximum atomic E-state index is 4.85. The highest BCUT2D eigenvalue weighted by Gasteiger charge is 1.65. The Morgan fingerprint density at radius 3 is 1.50 bits per heavy atom. The van der Waals surface area contributed by atoms with Gasteiger partial charge in [0.25, 0.3) is 0 Å². The van der Waals surface area contributed by atoms with Gasteiger partial charge in [-0.2, -0.15) is 0 Å². The van der Waals surface area contributed by atoms with E-state index < -0.39 is 0 Å². The normalized spacial score (nSPS) is 9.00. The molecule has 0 heterocycles. The van der Waals surface area contributed by atoms with Gasteiger partial charge in [0.1, 0.15) is 0 Å². The molecule has 0 spiro atoms. The molecule has 0 aliphatic heterocycles. The van der Waals surface area contributed by atoms with Crippen LogP contribution in [-0.2, 0) is 0 Å². The topological polar surface area (TPSA) is 52.0 Å². The maximum Gasteiger partial charge on any atom is 0.0663 e. The van der Waals surface area contributed by atoms with Crippen LogP contribution in [0.4, 0.5) is 0 Å². The molecule has 4 heavy (non-hydrogen) atoms. The van der Waals surface area contributed by atoms with Gasteiger partial charge >= 0.3 is 0 Å². The lowest BCUT2D eigenvalue weighted by atomic mass is 11.2. The largest absolute Gasteiger partial charge is 0.313 e. The number of nitrogens with two attached hydrogens (primary N) is 2. The standard InChI is InChI=1S/CH7N2P/c2-1(3)4/h1H,2-4H2. The Labute approximate surface area is 27.7 Å². The van der Waals surface area contributed by atoms with Crippen LogP contribution >= 0.6 is 9.24 Å². The van der Waals surface area contributed by atoms with Crippen LogP contribution in [0, 0.1) is 0 Å². The molecular weight excluding hydrogens is 71.0 g/mol. The zero-order valence-electron chi connectivity index (χ0n) is 2.31. The van der Waals surface area contributed by atoms with Gasteiger partial charge in [-0.25, -0.2) is 0 Å². The van der Waals surface area contributed by atoms with Crippen molar-refractivity contribution in [3.8, 4) is 0 Å². The number of hydrogen-bond acceptors (Lipinski definition) is 2. The molecule has 4 N–H and O–H groups in total. The summed E-state index contributed by atoms with van der Waals surface area (Å²) in [7, 11) is 2.21. The summed E-state index contributed by atoms with van der Waals surface area (Å²) in [6.45, 7) is 0. The van der Waals surface area contributed by atoms with Gasteiger partial charge in [0.2, 0.25) is 0 Å². The molecular formula is CH7N2P. The highest BCUT2D eigenvalue weighted by atomic mass is 31.0. The summed E-state index contributed by atoms with van der Waals surface area (Å²) >= 11 is 0. The molecule has 0 aromatic rings. The molecule has 0 saturated carbocycles. The van der Waals surface area contributed by atoms with Gasteiger partial charge in [-0.3, -0.25) is 0 Å². The fraction of sp³-hybridized carbons (Fsp3) is 1.00. The van der Waals surface area contributed by atoms with Crippen molar-refractivity contribution in [2.24, 2.45) is 11.5 Å². The second-order valence-corrected chi connectivity index (χ2v) is 1.35. The van der Waals surface area contributed by atoms with E-state index in [1.54, 1.807) is 0 Å². The van der Waals surface area contributed by atoms with Crippen LogP contribution < -0.4 is 11.5 Å². The first-order valence-electron chi connectivity index (χ1n) is 1.00. The average Bonchev–Trinajstić information content (AvgIpc) is 0.811. The molecule has 2 nitrogen and oxygen atoms in total. The first-order valence-corrected chi connectivity index (χ1v) is 1.67. The third-order valence-electron chi connectivity index (χ3n) is 0. The molecule has 3 heteroatoms. The Morgan fingerprint density at radius 1 is 1.50 bits per heavy atom. The molecule has 0 aromatic heterocycles. The summed E-state index contributed by atoms with van der Waals surface area (Å²) < 4.78 is 0. The van der Waals surface area contributed by atoms with Crippen LogP contribution in [-0.4, -0.2) is 5.91 Å². The molecule has 0 bridgehead atoms. The maximum absolute atomic E-state index is 4.85. The van der Waals surface area contributed by atoms with E-state index in [1.165, 1.54) is 0 Å². The number of rotatable bonds is 0. The third kappa shape index (κ3) is 35.0. The summed E-state index contributed by atoms with van der Waals surface area (Å²) in [5.41, 5.74) is 9.70. The molecule has 0 rings (SSSR count). The van der Waals surface area contributed by atoms with Gasteiger partial charge in [0, 0.05) is 0 Å². The Kier molecular flexibility index (Phi) is 1.79. The van der Waals surface area contributed by atoms with Crippen molar-refractivity contribution >= 4 is 9.24 Å². The van der Waals surface area contributed by atoms with E-state index >= 15 is 0 Å². The Bertz CT molecular complexity index is 10.8. The van der Waals surface area contributed by atoms with Crippen molar-refractivity contribution in [3.05, 3.63) is 0 Å². The lowest BCUT2D eigenvalue weighted by Crippen LogP contribution is -2.21. The minimum Gasteiger partial charge on any atom is -0.313 e. The fourth-order valence-corrected chi connectivity index (χ4v) is 0. The molecule has 0 aromatic carbocycles. The Balaban J connectivity index is 2.32. The summed E-state index contributed by atoms with van der Waals surface area (Å²) in [5.74, 6) is -0.250. The molecule has 0 saturated heterocycles. The van der Waals surface area contributed by atoms with Gasteiger partial charge in [0.15, 0.2) is 0 Å². The van der Waals surface area contributed by atoms with E-state index in [-0.39, 0.29) is 5.91 Å². The van der Waals surface area contributed by atoms with Crippen LogP contribution in [0.25, 0.3) is 0 Å². The molecule has 0 aliphatic carbocycles. The van der Waals surface area contributed by atoms with Crippen molar-refractivity contribution in [1.29, 1.82) is 0 Å². The lowest BCUT2D eigenvalue weighted by molar-refractivity contribution is 0.991. The summed E-state index contributed by atoms with van der Waals surface area (Å²) in [4.78, 5) is 0. The molecule has 0 fully saturated rings. The third-order valence-corrected chi connectivity index (χ3v) is 0. The smallest absolute Gasteiger partial charge is 0.0663 e. The SMILES string of the molecule is NC(N)P.